The summed E-state index contributed by atoms with van der Waals surface area (Å²) < 4.78 is 15.8. The molecule has 7 heteroatoms. The molecular weight excluding hydrogens is 382 g/mol. The summed E-state index contributed by atoms with van der Waals surface area (Å²) in [5.41, 5.74) is 1.39. The number of halogens is 1. The first-order valence-electron chi connectivity index (χ1n) is 8.68. The molecule has 2 aromatic carbocycles. The highest BCUT2D eigenvalue weighted by Gasteiger charge is 2.24. The lowest BCUT2D eigenvalue weighted by Crippen LogP contribution is -2.08. The van der Waals surface area contributed by atoms with E-state index in [0.29, 0.717) is 17.5 Å². The molecule has 0 radical (unpaired) electrons. The highest BCUT2D eigenvalue weighted by molar-refractivity contribution is 6.32. The Labute approximate surface area is 167 Å². The summed E-state index contributed by atoms with van der Waals surface area (Å²) in [7, 11) is 1.44. The van der Waals surface area contributed by atoms with E-state index >= 15 is 0 Å². The van der Waals surface area contributed by atoms with Crippen LogP contribution in [0.1, 0.15) is 30.9 Å². The van der Waals surface area contributed by atoms with Crippen molar-refractivity contribution >= 4 is 35.5 Å². The lowest BCUT2D eigenvalue weighted by molar-refractivity contribution is -0.134. The number of hydrogen-bond acceptors (Lipinski definition) is 6. The van der Waals surface area contributed by atoms with Gasteiger partial charge in [0.05, 0.1) is 12.1 Å². The Balaban J connectivity index is 1.91. The Morgan fingerprint density at radius 1 is 1.25 bits per heavy atom. The molecule has 6 nitrogen and oxygen atoms in total. The minimum Gasteiger partial charge on any atom is -0.493 e. The monoisotopic (exact) mass is 399 g/mol. The second-order valence-electron chi connectivity index (χ2n) is 5.96. The van der Waals surface area contributed by atoms with E-state index < -0.39 is 11.9 Å². The molecule has 3 rings (SSSR count). The highest BCUT2D eigenvalue weighted by atomic mass is 35.5. The first-order valence-corrected chi connectivity index (χ1v) is 9.05. The van der Waals surface area contributed by atoms with Crippen LogP contribution in [0.2, 0.25) is 5.02 Å². The third kappa shape index (κ3) is 4.40. The van der Waals surface area contributed by atoms with Crippen molar-refractivity contribution in [2.45, 2.75) is 19.8 Å². The minimum atomic E-state index is -0.563. The molecular formula is C21H18ClNO5. The van der Waals surface area contributed by atoms with Crippen LogP contribution < -0.4 is 9.47 Å². The van der Waals surface area contributed by atoms with Gasteiger partial charge in [0, 0.05) is 12.0 Å². The van der Waals surface area contributed by atoms with E-state index in [2.05, 4.69) is 4.99 Å². The van der Waals surface area contributed by atoms with E-state index in [1.807, 2.05) is 25.1 Å². The van der Waals surface area contributed by atoms with Crippen molar-refractivity contribution in [2.24, 2.45) is 4.99 Å². The van der Waals surface area contributed by atoms with E-state index in [1.54, 1.807) is 24.3 Å². The van der Waals surface area contributed by atoms with Gasteiger partial charge in [0.25, 0.3) is 0 Å². The van der Waals surface area contributed by atoms with Crippen LogP contribution in [0.3, 0.4) is 0 Å². The Morgan fingerprint density at radius 2 is 2.00 bits per heavy atom. The van der Waals surface area contributed by atoms with Gasteiger partial charge in [-0.05, 0) is 42.3 Å². The zero-order valence-corrected chi connectivity index (χ0v) is 16.2. The van der Waals surface area contributed by atoms with Crippen LogP contribution >= 0.6 is 11.6 Å². The summed E-state index contributed by atoms with van der Waals surface area (Å²) in [6, 6.07) is 12.3. The lowest BCUT2D eigenvalue weighted by atomic mass is 10.1. The molecule has 0 atom stereocenters. The van der Waals surface area contributed by atoms with Gasteiger partial charge in [-0.2, -0.15) is 0 Å². The zero-order valence-electron chi connectivity index (χ0n) is 15.4. The van der Waals surface area contributed by atoms with Gasteiger partial charge in [-0.3, -0.25) is 4.79 Å². The number of cyclic esters (lactones) is 1. The molecule has 0 bridgehead atoms. The average Bonchev–Trinajstić information content (AvgIpc) is 3.05. The van der Waals surface area contributed by atoms with Crippen molar-refractivity contribution in [1.29, 1.82) is 0 Å². The smallest absolute Gasteiger partial charge is 0.363 e. The number of hydrogen-bond donors (Lipinski definition) is 0. The average molecular weight is 400 g/mol. The van der Waals surface area contributed by atoms with E-state index in [4.69, 9.17) is 25.8 Å². The number of carbonyl (C=O) groups is 2. The fourth-order valence-corrected chi connectivity index (χ4v) is 2.82. The summed E-state index contributed by atoms with van der Waals surface area (Å²) in [6.45, 7) is 1.88. The normalized spacial score (nSPS) is 14.6. The van der Waals surface area contributed by atoms with Gasteiger partial charge in [-0.25, -0.2) is 9.79 Å². The number of carbonyl (C=O) groups excluding carboxylic acids is 2. The number of nitrogens with zero attached hydrogens (tertiary/aromatic N) is 1. The maximum atomic E-state index is 12.1. The zero-order chi connectivity index (χ0) is 20.1. The molecule has 0 saturated heterocycles. The molecule has 1 heterocycles. The maximum Gasteiger partial charge on any atom is 0.363 e. The Bertz CT molecular complexity index is 966. The summed E-state index contributed by atoms with van der Waals surface area (Å²) >= 11 is 6.27. The van der Waals surface area contributed by atoms with Gasteiger partial charge in [0.2, 0.25) is 5.90 Å². The van der Waals surface area contributed by atoms with Gasteiger partial charge >= 0.3 is 11.9 Å². The van der Waals surface area contributed by atoms with E-state index in [-0.39, 0.29) is 34.5 Å². The second kappa shape index (κ2) is 8.71. The van der Waals surface area contributed by atoms with Gasteiger partial charge in [0.15, 0.2) is 17.2 Å². The SMILES string of the molecule is CCCC(=O)Oc1c(Cl)cc(/C=C2\N=C(c3ccccc3)OC2=O)cc1OC. The summed E-state index contributed by atoms with van der Waals surface area (Å²) in [6.07, 6.45) is 2.46. The molecule has 0 N–H and O–H groups in total. The van der Waals surface area contributed by atoms with Crippen LogP contribution in [-0.2, 0) is 14.3 Å². The predicted octanol–water partition coefficient (Wildman–Crippen LogP) is 4.40. The Kier molecular flexibility index (Phi) is 6.11. The summed E-state index contributed by atoms with van der Waals surface area (Å²) in [5, 5.41) is 0.189. The minimum absolute atomic E-state index is 0.132. The molecule has 1 aliphatic heterocycles. The van der Waals surface area contributed by atoms with Crippen LogP contribution in [0.4, 0.5) is 0 Å². The molecule has 0 aromatic heterocycles. The molecule has 28 heavy (non-hydrogen) atoms. The fraction of sp³-hybridized carbons (Fsp3) is 0.190. The number of rotatable bonds is 6. The van der Waals surface area contributed by atoms with Crippen LogP contribution in [0.25, 0.3) is 6.08 Å². The van der Waals surface area contributed by atoms with Crippen molar-refractivity contribution in [1.82, 2.24) is 0 Å². The number of ether oxygens (including phenoxy) is 3. The maximum absolute atomic E-state index is 12.1. The molecule has 144 valence electrons. The van der Waals surface area contributed by atoms with Gasteiger partial charge in [-0.1, -0.05) is 36.7 Å². The Hall–Kier alpha value is -3.12. The molecule has 0 saturated carbocycles. The molecule has 2 aromatic rings. The van der Waals surface area contributed by atoms with Crippen LogP contribution in [-0.4, -0.2) is 24.9 Å². The quantitative estimate of drug-likeness (QED) is 0.409. The van der Waals surface area contributed by atoms with Gasteiger partial charge in [0.1, 0.15) is 0 Å². The van der Waals surface area contributed by atoms with Crippen molar-refractivity contribution in [3.63, 3.8) is 0 Å². The molecule has 0 amide bonds. The molecule has 0 spiro atoms. The topological polar surface area (TPSA) is 74.2 Å². The van der Waals surface area contributed by atoms with E-state index in [1.165, 1.54) is 13.2 Å². The summed E-state index contributed by atoms with van der Waals surface area (Å²) in [4.78, 5) is 28.2. The van der Waals surface area contributed by atoms with Crippen LogP contribution in [0.5, 0.6) is 11.5 Å². The van der Waals surface area contributed by atoms with Gasteiger partial charge < -0.3 is 14.2 Å². The fourth-order valence-electron chi connectivity index (χ4n) is 2.56. The first kappa shape index (κ1) is 19.6. The van der Waals surface area contributed by atoms with Gasteiger partial charge in [-0.15, -0.1) is 0 Å². The van der Waals surface area contributed by atoms with E-state index in [0.717, 1.165) is 0 Å². The van der Waals surface area contributed by atoms with Crippen LogP contribution in [0.15, 0.2) is 53.2 Å². The summed E-state index contributed by atoms with van der Waals surface area (Å²) in [5.74, 6) is -0.299. The number of aliphatic imine (C=N–C) groups is 1. The molecule has 0 aliphatic carbocycles. The molecule has 0 unspecified atom stereocenters. The standard InChI is InChI=1S/C21H18ClNO5/c1-3-7-18(24)27-19-15(22)10-13(12-17(19)26-2)11-16-21(25)28-20(23-16)14-8-5-4-6-9-14/h4-6,8-12H,3,7H2,1-2H3/b16-11-. The third-order valence-corrected chi connectivity index (χ3v) is 4.15. The van der Waals surface area contributed by atoms with Crippen LogP contribution in [0, 0.1) is 0 Å². The van der Waals surface area contributed by atoms with Crippen molar-refractivity contribution in [3.8, 4) is 11.5 Å². The number of benzene rings is 2. The number of esters is 2. The Morgan fingerprint density at radius 3 is 2.68 bits per heavy atom. The highest BCUT2D eigenvalue weighted by Crippen LogP contribution is 2.37. The van der Waals surface area contributed by atoms with E-state index in [9.17, 15) is 9.59 Å². The molecule has 1 aliphatic rings. The first-order chi connectivity index (χ1) is 13.5. The van der Waals surface area contributed by atoms with Crippen molar-refractivity contribution < 1.29 is 23.8 Å². The van der Waals surface area contributed by atoms with Crippen molar-refractivity contribution in [3.05, 3.63) is 64.3 Å². The molecule has 0 fully saturated rings. The largest absolute Gasteiger partial charge is 0.493 e. The number of methoxy groups -OCH3 is 1. The third-order valence-electron chi connectivity index (χ3n) is 3.87. The lowest BCUT2D eigenvalue weighted by Gasteiger charge is -2.11. The predicted molar refractivity (Wildman–Crippen MR) is 106 cm³/mol. The van der Waals surface area contributed by atoms with Crippen molar-refractivity contribution in [2.75, 3.05) is 7.11 Å². The second-order valence-corrected chi connectivity index (χ2v) is 6.37.